The molecule has 2 aliphatic rings. The molecule has 2 fully saturated rings. The lowest BCUT2D eigenvalue weighted by Gasteiger charge is -2.47. The van der Waals surface area contributed by atoms with E-state index in [1.54, 1.807) is 6.20 Å². The van der Waals surface area contributed by atoms with Crippen molar-refractivity contribution in [3.05, 3.63) is 18.6 Å². The van der Waals surface area contributed by atoms with Crippen molar-refractivity contribution in [3.8, 4) is 0 Å². The van der Waals surface area contributed by atoms with Crippen LogP contribution < -0.4 is 10.0 Å². The van der Waals surface area contributed by atoms with E-state index in [0.717, 1.165) is 17.5 Å². The van der Waals surface area contributed by atoms with Crippen LogP contribution in [-0.2, 0) is 14.8 Å². The van der Waals surface area contributed by atoms with Gasteiger partial charge in [-0.05, 0) is 12.5 Å². The summed E-state index contributed by atoms with van der Waals surface area (Å²) in [6.07, 6.45) is 5.32. The van der Waals surface area contributed by atoms with Gasteiger partial charge in [0.2, 0.25) is 10.0 Å². The molecule has 22 heavy (non-hydrogen) atoms. The van der Waals surface area contributed by atoms with Crippen molar-refractivity contribution < 1.29 is 13.2 Å². The molecule has 8 nitrogen and oxygen atoms in total. The third kappa shape index (κ3) is 2.25. The van der Waals surface area contributed by atoms with Gasteiger partial charge >= 0.3 is 0 Å². The number of aromatic nitrogens is 3. The molecule has 2 aromatic rings. The number of hydrogen-bond acceptors (Lipinski definition) is 6. The van der Waals surface area contributed by atoms with E-state index in [9.17, 15) is 8.42 Å². The highest BCUT2D eigenvalue weighted by Gasteiger charge is 2.55. The number of nitrogens with one attached hydrogen (secondary N) is 3. The Morgan fingerprint density at radius 3 is 3.05 bits per heavy atom. The molecule has 118 valence electrons. The van der Waals surface area contributed by atoms with Crippen LogP contribution >= 0.6 is 0 Å². The first-order valence-electron chi connectivity index (χ1n) is 7.16. The molecule has 0 bridgehead atoms. The van der Waals surface area contributed by atoms with Gasteiger partial charge in [-0.2, -0.15) is 0 Å². The zero-order valence-electron chi connectivity index (χ0n) is 12.0. The third-order valence-corrected chi connectivity index (χ3v) is 5.09. The average Bonchev–Trinajstić information content (AvgIpc) is 3.08. The first-order valence-corrected chi connectivity index (χ1v) is 9.05. The minimum atomic E-state index is -3.29. The standard InChI is InChI=1S/C13H17N5O3S/c1-22(19,20)18-10-9(7-3-5-21-11(7)10)17-13-8-2-4-14-12(8)15-6-16-13/h2,4,6-7,9-11,18H,3,5H2,1H3,(H2,14,15,16,17)/t7-,9+,10-,11-/m1/s1. The van der Waals surface area contributed by atoms with Gasteiger partial charge in [-0.1, -0.05) is 0 Å². The number of rotatable bonds is 4. The van der Waals surface area contributed by atoms with Gasteiger partial charge in [0.05, 0.1) is 29.8 Å². The molecule has 3 heterocycles. The van der Waals surface area contributed by atoms with E-state index in [1.165, 1.54) is 12.6 Å². The Morgan fingerprint density at radius 1 is 1.36 bits per heavy atom. The summed E-state index contributed by atoms with van der Waals surface area (Å²) < 4.78 is 31.5. The lowest BCUT2D eigenvalue weighted by atomic mass is 9.72. The van der Waals surface area contributed by atoms with Crippen molar-refractivity contribution >= 4 is 26.9 Å². The molecule has 0 spiro atoms. The molecule has 0 aromatic carbocycles. The van der Waals surface area contributed by atoms with Gasteiger partial charge in [-0.15, -0.1) is 0 Å². The number of hydrogen-bond donors (Lipinski definition) is 3. The van der Waals surface area contributed by atoms with Crippen LogP contribution in [0, 0.1) is 5.92 Å². The molecule has 0 amide bonds. The lowest BCUT2D eigenvalue weighted by molar-refractivity contribution is -0.00314. The maximum atomic E-state index is 11.6. The van der Waals surface area contributed by atoms with Gasteiger partial charge < -0.3 is 15.0 Å². The first-order chi connectivity index (χ1) is 10.5. The van der Waals surface area contributed by atoms with Crippen LogP contribution in [0.1, 0.15) is 6.42 Å². The SMILES string of the molecule is CS(=O)(=O)N[C@@H]1[C@@H](Nc2ncnc3[nH]ccc23)[C@H]2CCO[C@H]21. The Kier molecular flexibility index (Phi) is 3.10. The largest absolute Gasteiger partial charge is 0.376 e. The van der Waals surface area contributed by atoms with Gasteiger partial charge in [-0.3, -0.25) is 0 Å². The number of H-pyrrole nitrogens is 1. The second-order valence-electron chi connectivity index (χ2n) is 5.84. The monoisotopic (exact) mass is 323 g/mol. The van der Waals surface area contributed by atoms with E-state index < -0.39 is 10.0 Å². The Morgan fingerprint density at radius 2 is 2.23 bits per heavy atom. The first kappa shape index (κ1) is 13.9. The summed E-state index contributed by atoms with van der Waals surface area (Å²) in [5.41, 5.74) is 0.753. The van der Waals surface area contributed by atoms with Crippen LogP contribution in [0.4, 0.5) is 5.82 Å². The summed E-state index contributed by atoms with van der Waals surface area (Å²) in [6, 6.07) is 1.60. The van der Waals surface area contributed by atoms with Crippen LogP contribution in [0.3, 0.4) is 0 Å². The Labute approximate surface area is 127 Å². The molecule has 9 heteroatoms. The number of nitrogens with zero attached hydrogens (tertiary/aromatic N) is 2. The fourth-order valence-electron chi connectivity index (χ4n) is 3.44. The van der Waals surface area contributed by atoms with Crippen molar-refractivity contribution in [3.63, 3.8) is 0 Å². The molecule has 3 N–H and O–H groups in total. The van der Waals surface area contributed by atoms with Crippen LogP contribution in [0.5, 0.6) is 0 Å². The normalized spacial score (nSPS) is 31.0. The van der Waals surface area contributed by atoms with Gasteiger partial charge in [0.1, 0.15) is 17.8 Å². The minimum absolute atomic E-state index is 0.0322. The van der Waals surface area contributed by atoms with Crippen LogP contribution in [0.2, 0.25) is 0 Å². The maximum absolute atomic E-state index is 11.6. The zero-order valence-corrected chi connectivity index (χ0v) is 12.8. The molecular formula is C13H17N5O3S. The van der Waals surface area contributed by atoms with Gasteiger partial charge in [0.15, 0.2) is 0 Å². The average molecular weight is 323 g/mol. The van der Waals surface area contributed by atoms with Crippen LogP contribution in [-0.4, -0.2) is 54.4 Å². The lowest BCUT2D eigenvalue weighted by Crippen LogP contribution is -2.68. The molecule has 4 atom stereocenters. The molecule has 1 aliphatic carbocycles. The van der Waals surface area contributed by atoms with Crippen molar-refractivity contribution in [1.82, 2.24) is 19.7 Å². The predicted molar refractivity (Wildman–Crippen MR) is 80.9 cm³/mol. The molecule has 0 radical (unpaired) electrons. The predicted octanol–water partition coefficient (Wildman–Crippen LogP) is 0.0749. The highest BCUT2D eigenvalue weighted by molar-refractivity contribution is 7.88. The summed E-state index contributed by atoms with van der Waals surface area (Å²) >= 11 is 0. The molecule has 1 aliphatic heterocycles. The number of aromatic amines is 1. The second kappa shape index (κ2) is 4.90. The molecule has 4 rings (SSSR count). The van der Waals surface area contributed by atoms with E-state index in [2.05, 4.69) is 25.0 Å². The van der Waals surface area contributed by atoms with Crippen LogP contribution in [0.15, 0.2) is 18.6 Å². The van der Waals surface area contributed by atoms with E-state index in [0.29, 0.717) is 18.3 Å². The topological polar surface area (TPSA) is 109 Å². The quantitative estimate of drug-likeness (QED) is 0.735. The Bertz CT molecular complexity index is 805. The fraction of sp³-hybridized carbons (Fsp3) is 0.538. The van der Waals surface area contributed by atoms with Gasteiger partial charge in [0, 0.05) is 18.7 Å². The summed E-state index contributed by atoms with van der Waals surface area (Å²) in [7, 11) is -3.29. The summed E-state index contributed by atoms with van der Waals surface area (Å²) in [5, 5.41) is 4.27. The number of fused-ring (bicyclic) bond motifs is 2. The highest BCUT2D eigenvalue weighted by atomic mass is 32.2. The van der Waals surface area contributed by atoms with E-state index in [-0.39, 0.29) is 18.2 Å². The Hall–Kier alpha value is -1.71. The van der Waals surface area contributed by atoms with Crippen molar-refractivity contribution in [2.24, 2.45) is 5.92 Å². The summed E-state index contributed by atoms with van der Waals surface area (Å²) in [4.78, 5) is 11.5. The molecule has 2 aromatic heterocycles. The maximum Gasteiger partial charge on any atom is 0.209 e. The molecule has 1 saturated heterocycles. The van der Waals surface area contributed by atoms with E-state index >= 15 is 0 Å². The van der Waals surface area contributed by atoms with Crippen molar-refractivity contribution in [1.29, 1.82) is 0 Å². The Balaban J connectivity index is 1.61. The van der Waals surface area contributed by atoms with Gasteiger partial charge in [-0.25, -0.2) is 23.1 Å². The molecular weight excluding hydrogens is 306 g/mol. The van der Waals surface area contributed by atoms with E-state index in [4.69, 9.17) is 4.74 Å². The van der Waals surface area contributed by atoms with Crippen molar-refractivity contribution in [2.45, 2.75) is 24.6 Å². The summed E-state index contributed by atoms with van der Waals surface area (Å²) in [5.74, 6) is 1.00. The number of ether oxygens (including phenoxy) is 1. The summed E-state index contributed by atoms with van der Waals surface area (Å²) in [6.45, 7) is 0.665. The third-order valence-electron chi connectivity index (χ3n) is 4.39. The smallest absolute Gasteiger partial charge is 0.209 e. The van der Waals surface area contributed by atoms with E-state index in [1.807, 2.05) is 6.07 Å². The number of anilines is 1. The second-order valence-corrected chi connectivity index (χ2v) is 7.62. The fourth-order valence-corrected chi connectivity index (χ4v) is 4.21. The molecule has 0 unspecified atom stereocenters. The molecule has 1 saturated carbocycles. The zero-order chi connectivity index (χ0) is 15.3. The number of sulfonamides is 1. The van der Waals surface area contributed by atoms with Crippen LogP contribution in [0.25, 0.3) is 11.0 Å². The van der Waals surface area contributed by atoms with Crippen molar-refractivity contribution in [2.75, 3.05) is 18.2 Å². The minimum Gasteiger partial charge on any atom is -0.376 e. The van der Waals surface area contributed by atoms with Gasteiger partial charge in [0.25, 0.3) is 0 Å². The highest BCUT2D eigenvalue weighted by Crippen LogP contribution is 2.41.